The number of aromatic amines is 1. The Balaban J connectivity index is 2.00. The number of para-hydroxylation sites is 1. The summed E-state index contributed by atoms with van der Waals surface area (Å²) in [6.45, 7) is 0. The van der Waals surface area contributed by atoms with Crippen LogP contribution < -0.4 is 14.6 Å². The molecule has 0 unspecified atom stereocenters. The number of carboxylic acid groups (broad SMARTS) is 1. The maximum Gasteiger partial charge on any atom is 0.261 e. The van der Waals surface area contributed by atoms with Crippen molar-refractivity contribution in [2.75, 3.05) is 11.8 Å². The van der Waals surface area contributed by atoms with Crippen molar-refractivity contribution >= 4 is 32.6 Å². The Hall–Kier alpha value is -3.00. The Labute approximate surface area is 137 Å². The van der Waals surface area contributed by atoms with Crippen LogP contribution in [-0.4, -0.2) is 26.5 Å². The topological polar surface area (TPSA) is 111 Å². The maximum absolute atomic E-state index is 12.5. The zero-order chi connectivity index (χ0) is 17.3. The summed E-state index contributed by atoms with van der Waals surface area (Å²) < 4.78 is 32.4. The summed E-state index contributed by atoms with van der Waals surface area (Å²) in [4.78, 5) is 13.7. The molecule has 0 amide bonds. The molecule has 0 atom stereocenters. The second-order valence-electron chi connectivity index (χ2n) is 5.02. The molecule has 0 bridgehead atoms. The fourth-order valence-corrected chi connectivity index (χ4v) is 3.38. The number of H-pyrrole nitrogens is 1. The van der Waals surface area contributed by atoms with E-state index in [9.17, 15) is 18.3 Å². The summed E-state index contributed by atoms with van der Waals surface area (Å²) in [5.41, 5.74) is 0.491. The number of methoxy groups -OCH3 is 1. The minimum Gasteiger partial charge on any atom is -0.543 e. The van der Waals surface area contributed by atoms with E-state index in [-0.39, 0.29) is 16.3 Å². The minimum absolute atomic E-state index is 0.0620. The molecule has 24 heavy (non-hydrogen) atoms. The molecule has 8 heteroatoms. The minimum atomic E-state index is -3.83. The van der Waals surface area contributed by atoms with Gasteiger partial charge in [0.1, 0.15) is 5.75 Å². The summed E-state index contributed by atoms with van der Waals surface area (Å²) >= 11 is 0. The third-order valence-corrected chi connectivity index (χ3v) is 4.87. The molecule has 2 aromatic carbocycles. The Morgan fingerprint density at radius 3 is 2.50 bits per heavy atom. The van der Waals surface area contributed by atoms with Crippen LogP contribution in [0.1, 0.15) is 10.5 Å². The van der Waals surface area contributed by atoms with Gasteiger partial charge in [0.25, 0.3) is 10.0 Å². The predicted molar refractivity (Wildman–Crippen MR) is 86.4 cm³/mol. The van der Waals surface area contributed by atoms with Crippen molar-refractivity contribution in [3.8, 4) is 5.75 Å². The molecule has 2 N–H and O–H groups in total. The lowest BCUT2D eigenvalue weighted by Crippen LogP contribution is -2.22. The fourth-order valence-electron chi connectivity index (χ4n) is 2.31. The summed E-state index contributed by atoms with van der Waals surface area (Å²) in [5.74, 6) is -0.825. The van der Waals surface area contributed by atoms with Gasteiger partial charge in [-0.05, 0) is 36.4 Å². The SMILES string of the molecule is COc1ccc(S(=O)(=O)Nc2cccc3cc(C(=O)[O-])[nH]c23)cc1. The number of carboxylic acids is 1. The van der Waals surface area contributed by atoms with Crippen LogP contribution in [-0.2, 0) is 10.0 Å². The molecule has 3 aromatic rings. The number of benzene rings is 2. The van der Waals surface area contributed by atoms with Gasteiger partial charge in [-0.25, -0.2) is 8.42 Å². The van der Waals surface area contributed by atoms with Gasteiger partial charge in [-0.3, -0.25) is 4.72 Å². The number of carbonyl (C=O) groups excluding carboxylic acids is 1. The van der Waals surface area contributed by atoms with Gasteiger partial charge in [-0.2, -0.15) is 0 Å². The van der Waals surface area contributed by atoms with Crippen molar-refractivity contribution < 1.29 is 23.1 Å². The molecule has 0 aliphatic rings. The van der Waals surface area contributed by atoms with Crippen molar-refractivity contribution in [2.24, 2.45) is 0 Å². The second-order valence-corrected chi connectivity index (χ2v) is 6.70. The Morgan fingerprint density at radius 1 is 1.17 bits per heavy atom. The number of hydrogen-bond acceptors (Lipinski definition) is 5. The Morgan fingerprint density at radius 2 is 1.88 bits per heavy atom. The van der Waals surface area contributed by atoms with E-state index in [1.807, 2.05) is 0 Å². The molecule has 0 fully saturated rings. The molecule has 1 heterocycles. The van der Waals surface area contributed by atoms with E-state index in [4.69, 9.17) is 4.74 Å². The maximum atomic E-state index is 12.5. The molecule has 124 valence electrons. The van der Waals surface area contributed by atoms with E-state index in [0.29, 0.717) is 16.7 Å². The summed E-state index contributed by atoms with van der Waals surface area (Å²) in [6, 6.07) is 12.1. The second kappa shape index (κ2) is 5.89. The van der Waals surface area contributed by atoms with Crippen molar-refractivity contribution in [1.29, 1.82) is 0 Å². The zero-order valence-corrected chi connectivity index (χ0v) is 13.4. The van der Waals surface area contributed by atoms with Gasteiger partial charge in [0.2, 0.25) is 0 Å². The van der Waals surface area contributed by atoms with Crippen molar-refractivity contribution in [3.63, 3.8) is 0 Å². The lowest BCUT2D eigenvalue weighted by Gasteiger charge is -2.09. The highest BCUT2D eigenvalue weighted by atomic mass is 32.2. The molecular weight excluding hydrogens is 332 g/mol. The number of hydrogen-bond donors (Lipinski definition) is 2. The number of aromatic nitrogens is 1. The molecule has 0 radical (unpaired) electrons. The number of anilines is 1. The third-order valence-electron chi connectivity index (χ3n) is 3.49. The van der Waals surface area contributed by atoms with Crippen molar-refractivity contribution in [3.05, 3.63) is 54.2 Å². The largest absolute Gasteiger partial charge is 0.543 e. The van der Waals surface area contributed by atoms with Crippen LogP contribution in [0.3, 0.4) is 0 Å². The highest BCUT2D eigenvalue weighted by Crippen LogP contribution is 2.26. The number of aromatic carboxylic acids is 1. The molecule has 0 spiro atoms. The first-order valence-corrected chi connectivity index (χ1v) is 8.39. The van der Waals surface area contributed by atoms with Gasteiger partial charge < -0.3 is 19.6 Å². The molecular formula is C16H13N2O5S-. The lowest BCUT2D eigenvalue weighted by molar-refractivity contribution is -0.255. The highest BCUT2D eigenvalue weighted by Gasteiger charge is 2.16. The van der Waals surface area contributed by atoms with Gasteiger partial charge in [-0.15, -0.1) is 0 Å². The third kappa shape index (κ3) is 2.91. The number of rotatable bonds is 5. The first-order valence-electron chi connectivity index (χ1n) is 6.90. The molecule has 0 aliphatic carbocycles. The van der Waals surface area contributed by atoms with E-state index in [1.165, 1.54) is 37.4 Å². The number of nitrogens with one attached hydrogen (secondary N) is 2. The molecule has 3 rings (SSSR count). The van der Waals surface area contributed by atoms with Gasteiger partial charge in [0, 0.05) is 5.39 Å². The molecule has 1 aromatic heterocycles. The lowest BCUT2D eigenvalue weighted by atomic mass is 10.2. The Kier molecular flexibility index (Phi) is 3.90. The van der Waals surface area contributed by atoms with Crippen LogP contribution in [0.25, 0.3) is 10.9 Å². The van der Waals surface area contributed by atoms with E-state index in [1.54, 1.807) is 18.2 Å². The smallest absolute Gasteiger partial charge is 0.261 e. The van der Waals surface area contributed by atoms with Crippen LogP contribution in [0.15, 0.2) is 53.4 Å². The normalized spacial score (nSPS) is 11.4. The van der Waals surface area contributed by atoms with Crippen LogP contribution >= 0.6 is 0 Å². The summed E-state index contributed by atoms with van der Waals surface area (Å²) in [7, 11) is -2.34. The fraction of sp³-hybridized carbons (Fsp3) is 0.0625. The molecule has 0 aliphatic heterocycles. The predicted octanol–water partition coefficient (Wildman–Crippen LogP) is 1.34. The quantitative estimate of drug-likeness (QED) is 0.725. The monoisotopic (exact) mass is 345 g/mol. The van der Waals surface area contributed by atoms with E-state index >= 15 is 0 Å². The van der Waals surface area contributed by atoms with Crippen LogP contribution in [0, 0.1) is 0 Å². The Bertz CT molecular complexity index is 1010. The number of ether oxygens (including phenoxy) is 1. The zero-order valence-electron chi connectivity index (χ0n) is 12.6. The highest BCUT2D eigenvalue weighted by molar-refractivity contribution is 7.92. The first-order chi connectivity index (χ1) is 11.4. The van der Waals surface area contributed by atoms with Gasteiger partial charge in [0.15, 0.2) is 0 Å². The molecule has 7 nitrogen and oxygen atoms in total. The van der Waals surface area contributed by atoms with E-state index in [0.717, 1.165) is 0 Å². The van der Waals surface area contributed by atoms with Gasteiger partial charge >= 0.3 is 0 Å². The van der Waals surface area contributed by atoms with Crippen LogP contribution in [0.2, 0.25) is 0 Å². The van der Waals surface area contributed by atoms with Gasteiger partial charge in [-0.1, -0.05) is 12.1 Å². The number of carbonyl (C=O) groups is 1. The standard InChI is InChI=1S/C16H14N2O5S/c1-23-11-5-7-12(8-6-11)24(21,22)18-13-4-2-3-10-9-14(16(19)20)17-15(10)13/h2-9,17-18H,1H3,(H,19,20)/p-1. The summed E-state index contributed by atoms with van der Waals surface area (Å²) in [6.07, 6.45) is 0. The van der Waals surface area contributed by atoms with Crippen molar-refractivity contribution in [1.82, 2.24) is 4.98 Å². The first kappa shape index (κ1) is 15.9. The molecule has 0 saturated heterocycles. The average molecular weight is 345 g/mol. The van der Waals surface area contributed by atoms with Crippen LogP contribution in [0.5, 0.6) is 5.75 Å². The number of fused-ring (bicyclic) bond motifs is 1. The average Bonchev–Trinajstić information content (AvgIpc) is 3.00. The van der Waals surface area contributed by atoms with Gasteiger partial charge in [0.05, 0.1) is 34.9 Å². The number of sulfonamides is 1. The van der Waals surface area contributed by atoms with Crippen molar-refractivity contribution in [2.45, 2.75) is 4.90 Å². The van der Waals surface area contributed by atoms with E-state index in [2.05, 4.69) is 9.71 Å². The van der Waals surface area contributed by atoms with Crippen LogP contribution in [0.4, 0.5) is 5.69 Å². The summed E-state index contributed by atoms with van der Waals surface area (Å²) in [5, 5.41) is 11.5. The molecule has 0 saturated carbocycles. The van der Waals surface area contributed by atoms with E-state index < -0.39 is 16.0 Å².